The van der Waals surface area contributed by atoms with Crippen LogP contribution in [0.4, 0.5) is 5.82 Å². The van der Waals surface area contributed by atoms with Crippen LogP contribution in [0.3, 0.4) is 0 Å². The lowest BCUT2D eigenvalue weighted by Crippen LogP contribution is -2.47. The zero-order valence-electron chi connectivity index (χ0n) is 12.6. The summed E-state index contributed by atoms with van der Waals surface area (Å²) < 4.78 is 0. The molecule has 6 nitrogen and oxygen atoms in total. The van der Waals surface area contributed by atoms with Crippen molar-refractivity contribution in [3.8, 4) is 0 Å². The Kier molecular flexibility index (Phi) is 5.95. The van der Waals surface area contributed by atoms with Crippen LogP contribution in [-0.2, 0) is 4.79 Å². The van der Waals surface area contributed by atoms with Gasteiger partial charge in [0.25, 0.3) is 5.91 Å². The number of hydrogen-bond donors (Lipinski definition) is 3. The van der Waals surface area contributed by atoms with Crippen LogP contribution in [0.25, 0.3) is 0 Å². The number of rotatable bonds is 6. The maximum Gasteiger partial charge on any atom is 0.252 e. The maximum absolute atomic E-state index is 12.0. The Labute approximate surface area is 126 Å². The highest BCUT2D eigenvalue weighted by molar-refractivity contribution is 5.79. The molecule has 1 heterocycles. The lowest BCUT2D eigenvalue weighted by atomic mass is 9.84. The minimum atomic E-state index is -0.0653. The highest BCUT2D eigenvalue weighted by Crippen LogP contribution is 2.26. The molecule has 1 fully saturated rings. The molecule has 0 bridgehead atoms. The summed E-state index contributed by atoms with van der Waals surface area (Å²) in [5.41, 5.74) is 11.3. The predicted molar refractivity (Wildman–Crippen MR) is 83.4 cm³/mol. The van der Waals surface area contributed by atoms with Gasteiger partial charge in [0.05, 0.1) is 6.54 Å². The first-order valence-electron chi connectivity index (χ1n) is 7.57. The molecular formula is C15H25N5O. The molecule has 1 aromatic rings. The SMILES string of the molecule is CN(CC(=O)NNc1ccccn1)C1CCCCC1CN. The second-order valence-electron chi connectivity index (χ2n) is 5.65. The first kappa shape index (κ1) is 15.7. The number of anilines is 1. The highest BCUT2D eigenvalue weighted by atomic mass is 16.2. The van der Waals surface area contributed by atoms with Crippen molar-refractivity contribution >= 4 is 11.7 Å². The fourth-order valence-electron chi connectivity index (χ4n) is 3.00. The van der Waals surface area contributed by atoms with Crippen molar-refractivity contribution in [2.24, 2.45) is 11.7 Å². The molecule has 1 aliphatic carbocycles. The van der Waals surface area contributed by atoms with Crippen molar-refractivity contribution in [1.29, 1.82) is 0 Å². The number of carbonyl (C=O) groups is 1. The number of hydrogen-bond acceptors (Lipinski definition) is 5. The van der Waals surface area contributed by atoms with Gasteiger partial charge in [-0.1, -0.05) is 18.9 Å². The Bertz CT molecular complexity index is 439. The monoisotopic (exact) mass is 291 g/mol. The standard InChI is InChI=1S/C15H25N5O/c1-20(13-7-3-2-6-12(13)10-16)11-15(21)19-18-14-8-4-5-9-17-14/h4-5,8-9,12-13H,2-3,6-7,10-11,16H2,1H3,(H,17,18)(H,19,21). The van der Waals surface area contributed by atoms with E-state index in [2.05, 4.69) is 20.7 Å². The van der Waals surface area contributed by atoms with Crippen LogP contribution in [0.2, 0.25) is 0 Å². The molecule has 116 valence electrons. The van der Waals surface area contributed by atoms with Crippen molar-refractivity contribution < 1.29 is 4.79 Å². The molecule has 1 saturated carbocycles. The number of hydrazine groups is 1. The Morgan fingerprint density at radius 3 is 2.95 bits per heavy atom. The molecule has 2 unspecified atom stereocenters. The highest BCUT2D eigenvalue weighted by Gasteiger charge is 2.28. The van der Waals surface area contributed by atoms with E-state index >= 15 is 0 Å². The molecule has 21 heavy (non-hydrogen) atoms. The maximum atomic E-state index is 12.0. The summed E-state index contributed by atoms with van der Waals surface area (Å²) >= 11 is 0. The number of pyridine rings is 1. The average molecular weight is 291 g/mol. The number of likely N-dealkylation sites (N-methyl/N-ethyl adjacent to an activating group) is 1. The van der Waals surface area contributed by atoms with Crippen LogP contribution >= 0.6 is 0 Å². The molecule has 0 saturated heterocycles. The lowest BCUT2D eigenvalue weighted by Gasteiger charge is -2.37. The van der Waals surface area contributed by atoms with Crippen LogP contribution in [-0.4, -0.2) is 42.0 Å². The van der Waals surface area contributed by atoms with Gasteiger partial charge in [0, 0.05) is 12.2 Å². The lowest BCUT2D eigenvalue weighted by molar-refractivity contribution is -0.122. The van der Waals surface area contributed by atoms with E-state index < -0.39 is 0 Å². The molecule has 4 N–H and O–H groups in total. The molecule has 0 radical (unpaired) electrons. The Morgan fingerprint density at radius 2 is 2.24 bits per heavy atom. The van der Waals surface area contributed by atoms with E-state index in [9.17, 15) is 4.79 Å². The quantitative estimate of drug-likeness (QED) is 0.680. The molecule has 2 rings (SSSR count). The Hall–Kier alpha value is -1.66. The van der Waals surface area contributed by atoms with E-state index in [1.807, 2.05) is 19.2 Å². The van der Waals surface area contributed by atoms with Gasteiger partial charge in [0.2, 0.25) is 0 Å². The van der Waals surface area contributed by atoms with Gasteiger partial charge in [-0.15, -0.1) is 0 Å². The van der Waals surface area contributed by atoms with E-state index in [1.54, 1.807) is 12.3 Å². The normalized spacial score (nSPS) is 22.0. The predicted octanol–water partition coefficient (Wildman–Crippen LogP) is 0.974. The van der Waals surface area contributed by atoms with Crippen LogP contribution in [0, 0.1) is 5.92 Å². The summed E-state index contributed by atoms with van der Waals surface area (Å²) in [6, 6.07) is 5.90. The van der Waals surface area contributed by atoms with Crippen LogP contribution < -0.4 is 16.6 Å². The van der Waals surface area contributed by atoms with Crippen LogP contribution in [0.15, 0.2) is 24.4 Å². The zero-order chi connectivity index (χ0) is 15.1. The topological polar surface area (TPSA) is 83.3 Å². The fraction of sp³-hybridized carbons (Fsp3) is 0.600. The number of nitrogens with one attached hydrogen (secondary N) is 2. The van der Waals surface area contributed by atoms with Gasteiger partial charge in [-0.3, -0.25) is 20.5 Å². The molecule has 2 atom stereocenters. The molecule has 0 aliphatic heterocycles. The summed E-state index contributed by atoms with van der Waals surface area (Å²) in [6.45, 7) is 1.06. The molecule has 0 aromatic carbocycles. The van der Waals surface area contributed by atoms with Gasteiger partial charge in [0.15, 0.2) is 0 Å². The largest absolute Gasteiger partial charge is 0.330 e. The molecule has 1 aliphatic rings. The van der Waals surface area contributed by atoms with E-state index in [1.165, 1.54) is 19.3 Å². The second-order valence-corrected chi connectivity index (χ2v) is 5.65. The molecule has 6 heteroatoms. The van der Waals surface area contributed by atoms with Crippen LogP contribution in [0.5, 0.6) is 0 Å². The molecular weight excluding hydrogens is 266 g/mol. The van der Waals surface area contributed by atoms with E-state index in [-0.39, 0.29) is 5.91 Å². The van der Waals surface area contributed by atoms with Crippen LogP contribution in [0.1, 0.15) is 25.7 Å². The minimum Gasteiger partial charge on any atom is -0.330 e. The van der Waals surface area contributed by atoms with Crippen molar-refractivity contribution in [2.75, 3.05) is 25.6 Å². The van der Waals surface area contributed by atoms with E-state index in [0.717, 1.165) is 6.42 Å². The third-order valence-electron chi connectivity index (χ3n) is 4.13. The minimum absolute atomic E-state index is 0.0653. The summed E-state index contributed by atoms with van der Waals surface area (Å²) in [6.07, 6.45) is 6.44. The fourth-order valence-corrected chi connectivity index (χ4v) is 3.00. The summed E-state index contributed by atoms with van der Waals surface area (Å²) in [7, 11) is 2.00. The van der Waals surface area contributed by atoms with Crippen molar-refractivity contribution in [3.63, 3.8) is 0 Å². The summed E-state index contributed by atoms with van der Waals surface area (Å²) in [4.78, 5) is 18.2. The smallest absolute Gasteiger partial charge is 0.252 e. The van der Waals surface area contributed by atoms with Gasteiger partial charge in [-0.25, -0.2) is 4.98 Å². The number of nitrogens with two attached hydrogens (primary N) is 1. The van der Waals surface area contributed by atoms with Gasteiger partial charge >= 0.3 is 0 Å². The van der Waals surface area contributed by atoms with Gasteiger partial charge in [0.1, 0.15) is 5.82 Å². The third kappa shape index (κ3) is 4.68. The average Bonchev–Trinajstić information content (AvgIpc) is 2.53. The first-order chi connectivity index (χ1) is 10.2. The number of amides is 1. The summed E-state index contributed by atoms with van der Waals surface area (Å²) in [5, 5.41) is 0. The van der Waals surface area contributed by atoms with E-state index in [0.29, 0.717) is 30.9 Å². The first-order valence-corrected chi connectivity index (χ1v) is 7.57. The zero-order valence-corrected chi connectivity index (χ0v) is 12.6. The van der Waals surface area contributed by atoms with Crippen molar-refractivity contribution in [2.45, 2.75) is 31.7 Å². The van der Waals surface area contributed by atoms with Crippen molar-refractivity contribution in [3.05, 3.63) is 24.4 Å². The molecule has 1 amide bonds. The number of nitrogens with zero attached hydrogens (tertiary/aromatic N) is 2. The van der Waals surface area contributed by atoms with Gasteiger partial charge in [-0.05, 0) is 44.5 Å². The number of carbonyl (C=O) groups excluding carboxylic acids is 1. The van der Waals surface area contributed by atoms with E-state index in [4.69, 9.17) is 5.73 Å². The molecule has 0 spiro atoms. The summed E-state index contributed by atoms with van der Waals surface area (Å²) in [5.74, 6) is 1.07. The van der Waals surface area contributed by atoms with Crippen molar-refractivity contribution in [1.82, 2.24) is 15.3 Å². The molecule has 1 aromatic heterocycles. The van der Waals surface area contributed by atoms with Gasteiger partial charge in [-0.2, -0.15) is 0 Å². The third-order valence-corrected chi connectivity index (χ3v) is 4.13. The number of aromatic nitrogens is 1. The Balaban J connectivity index is 1.78. The van der Waals surface area contributed by atoms with Gasteiger partial charge < -0.3 is 5.73 Å². The Morgan fingerprint density at radius 1 is 1.43 bits per heavy atom. The second kappa shape index (κ2) is 7.95.